The Morgan fingerprint density at radius 1 is 1.12 bits per heavy atom. The lowest BCUT2D eigenvalue weighted by molar-refractivity contribution is 0.0367. The number of piperazine rings is 1. The molecule has 2 fully saturated rings. The second kappa shape index (κ2) is 6.66. The third-order valence-electron chi connectivity index (χ3n) is 5.95. The first-order valence-electron chi connectivity index (χ1n) is 9.55. The summed E-state index contributed by atoms with van der Waals surface area (Å²) in [4.78, 5) is 4.71. The number of aryl methyl sites for hydroxylation is 2. The van der Waals surface area contributed by atoms with E-state index in [-0.39, 0.29) is 17.8 Å². The van der Waals surface area contributed by atoms with Gasteiger partial charge in [-0.15, -0.1) is 0 Å². The van der Waals surface area contributed by atoms with E-state index in [0.29, 0.717) is 12.3 Å². The number of fused-ring (bicyclic) bond motifs is 2. The molecule has 2 saturated heterocycles. The second-order valence-electron chi connectivity index (χ2n) is 7.87. The molecule has 1 aromatic carbocycles. The van der Waals surface area contributed by atoms with Gasteiger partial charge in [0.05, 0.1) is 18.1 Å². The first kappa shape index (κ1) is 18.0. The van der Waals surface area contributed by atoms with Crippen LogP contribution in [-0.4, -0.2) is 61.4 Å². The fourth-order valence-corrected chi connectivity index (χ4v) is 6.62. The molecule has 4 rings (SSSR count). The van der Waals surface area contributed by atoms with Gasteiger partial charge in [-0.2, -0.15) is 0 Å². The normalized spacial score (nSPS) is 26.4. The molecule has 0 saturated carbocycles. The molecule has 142 valence electrons. The van der Waals surface area contributed by atoms with E-state index in [1.54, 1.807) is 0 Å². The largest absolute Gasteiger partial charge is 0.459 e. The average Bonchev–Trinajstić information content (AvgIpc) is 3.07. The second-order valence-corrected chi connectivity index (χ2v) is 10.0. The van der Waals surface area contributed by atoms with Gasteiger partial charge in [0.25, 0.3) is 0 Å². The van der Waals surface area contributed by atoms with E-state index in [0.717, 1.165) is 37.4 Å². The van der Waals surface area contributed by atoms with E-state index in [1.807, 2.05) is 6.07 Å². The van der Waals surface area contributed by atoms with E-state index >= 15 is 0 Å². The molecule has 3 heterocycles. The summed E-state index contributed by atoms with van der Waals surface area (Å²) >= 11 is 0. The minimum Gasteiger partial charge on any atom is -0.459 e. The fourth-order valence-electron chi connectivity index (χ4n) is 4.58. The standard InChI is InChI=1S/C20H28N2O3S/c1-4-7-21-8-9-22(18-13-26(23,24)12-17(18)21)11-20-15(3)16-10-14(2)5-6-19(16)25-20/h5-6,10,17-18H,4,7-9,11-13H2,1-3H3/t17-,18+/m1/s1. The maximum absolute atomic E-state index is 12.3. The quantitative estimate of drug-likeness (QED) is 0.821. The third-order valence-corrected chi connectivity index (χ3v) is 7.65. The first-order chi connectivity index (χ1) is 12.4. The molecule has 1 aromatic heterocycles. The van der Waals surface area contributed by atoms with E-state index < -0.39 is 9.84 Å². The van der Waals surface area contributed by atoms with Crippen LogP contribution < -0.4 is 0 Å². The van der Waals surface area contributed by atoms with Gasteiger partial charge in [0.1, 0.15) is 11.3 Å². The lowest BCUT2D eigenvalue weighted by Crippen LogP contribution is -2.58. The van der Waals surface area contributed by atoms with E-state index in [4.69, 9.17) is 4.42 Å². The van der Waals surface area contributed by atoms with Crippen LogP contribution in [0.1, 0.15) is 30.2 Å². The van der Waals surface area contributed by atoms with Gasteiger partial charge in [0, 0.05) is 30.6 Å². The molecule has 0 aliphatic carbocycles. The number of benzene rings is 1. The zero-order valence-electron chi connectivity index (χ0n) is 15.9. The minimum atomic E-state index is -2.96. The van der Waals surface area contributed by atoms with Crippen LogP contribution in [-0.2, 0) is 16.4 Å². The van der Waals surface area contributed by atoms with Crippen LogP contribution in [0.15, 0.2) is 22.6 Å². The molecule has 0 bridgehead atoms. The van der Waals surface area contributed by atoms with Crippen LogP contribution in [0.4, 0.5) is 0 Å². The minimum absolute atomic E-state index is 0.0784. The molecule has 0 spiro atoms. The van der Waals surface area contributed by atoms with Crippen molar-refractivity contribution in [1.29, 1.82) is 0 Å². The molecule has 2 aliphatic rings. The van der Waals surface area contributed by atoms with Gasteiger partial charge >= 0.3 is 0 Å². The van der Waals surface area contributed by atoms with Crippen LogP contribution in [0.3, 0.4) is 0 Å². The zero-order valence-corrected chi connectivity index (χ0v) is 16.7. The molecule has 2 aliphatic heterocycles. The Morgan fingerprint density at radius 3 is 2.54 bits per heavy atom. The van der Waals surface area contributed by atoms with Gasteiger partial charge in [0.15, 0.2) is 9.84 Å². The highest BCUT2D eigenvalue weighted by atomic mass is 32.2. The molecule has 0 radical (unpaired) electrons. The van der Waals surface area contributed by atoms with Crippen molar-refractivity contribution in [3.63, 3.8) is 0 Å². The summed E-state index contributed by atoms with van der Waals surface area (Å²) in [5, 5.41) is 1.17. The van der Waals surface area contributed by atoms with Gasteiger partial charge in [-0.05, 0) is 44.5 Å². The lowest BCUT2D eigenvalue weighted by atomic mass is 10.0. The molecule has 6 heteroatoms. The van der Waals surface area contributed by atoms with Crippen molar-refractivity contribution in [2.75, 3.05) is 31.1 Å². The molecule has 0 amide bonds. The number of rotatable bonds is 4. The van der Waals surface area contributed by atoms with Crippen LogP contribution in [0, 0.1) is 13.8 Å². The molecule has 0 N–H and O–H groups in total. The first-order valence-corrected chi connectivity index (χ1v) is 11.4. The lowest BCUT2D eigenvalue weighted by Gasteiger charge is -2.43. The van der Waals surface area contributed by atoms with Crippen molar-refractivity contribution < 1.29 is 12.8 Å². The number of sulfone groups is 1. The summed E-state index contributed by atoms with van der Waals surface area (Å²) in [6.07, 6.45) is 1.06. The summed E-state index contributed by atoms with van der Waals surface area (Å²) in [5.74, 6) is 1.54. The van der Waals surface area contributed by atoms with Crippen LogP contribution >= 0.6 is 0 Å². The van der Waals surface area contributed by atoms with E-state index in [1.165, 1.54) is 16.5 Å². The van der Waals surface area contributed by atoms with Crippen molar-refractivity contribution in [2.24, 2.45) is 0 Å². The molecular formula is C20H28N2O3S. The van der Waals surface area contributed by atoms with Gasteiger partial charge in [-0.1, -0.05) is 18.6 Å². The predicted octanol–water partition coefficient (Wildman–Crippen LogP) is 2.74. The van der Waals surface area contributed by atoms with E-state index in [2.05, 4.69) is 42.7 Å². The summed E-state index contributed by atoms with van der Waals surface area (Å²) in [5.41, 5.74) is 3.32. The number of nitrogens with zero attached hydrogens (tertiary/aromatic N) is 2. The Bertz CT molecular complexity index is 919. The maximum Gasteiger partial charge on any atom is 0.153 e. The summed E-state index contributed by atoms with van der Waals surface area (Å²) in [6, 6.07) is 6.47. The highest BCUT2D eigenvalue weighted by Gasteiger charge is 2.46. The number of hydrogen-bond donors (Lipinski definition) is 0. The summed E-state index contributed by atoms with van der Waals surface area (Å²) in [7, 11) is -2.96. The summed E-state index contributed by atoms with van der Waals surface area (Å²) < 4.78 is 30.8. The smallest absolute Gasteiger partial charge is 0.153 e. The zero-order chi connectivity index (χ0) is 18.5. The highest BCUT2D eigenvalue weighted by molar-refractivity contribution is 7.91. The molecular weight excluding hydrogens is 348 g/mol. The van der Waals surface area contributed by atoms with Crippen molar-refractivity contribution in [1.82, 2.24) is 9.80 Å². The Hall–Kier alpha value is -1.37. The van der Waals surface area contributed by atoms with Crippen molar-refractivity contribution in [2.45, 2.75) is 45.8 Å². The van der Waals surface area contributed by atoms with Crippen LogP contribution in [0.25, 0.3) is 11.0 Å². The molecule has 2 atom stereocenters. The number of furan rings is 1. The molecule has 26 heavy (non-hydrogen) atoms. The SMILES string of the molecule is CCCN1CCN(Cc2oc3ccc(C)cc3c2C)[C@H]2CS(=O)(=O)C[C@H]21. The van der Waals surface area contributed by atoms with Crippen LogP contribution in [0.5, 0.6) is 0 Å². The van der Waals surface area contributed by atoms with Crippen molar-refractivity contribution in [3.8, 4) is 0 Å². The molecule has 2 aromatic rings. The van der Waals surface area contributed by atoms with Gasteiger partial charge in [-0.3, -0.25) is 9.80 Å². The Kier molecular flexibility index (Phi) is 4.61. The van der Waals surface area contributed by atoms with Crippen LogP contribution in [0.2, 0.25) is 0 Å². The Morgan fingerprint density at radius 2 is 1.81 bits per heavy atom. The van der Waals surface area contributed by atoms with Gasteiger partial charge in [-0.25, -0.2) is 8.42 Å². The highest BCUT2D eigenvalue weighted by Crippen LogP contribution is 2.31. The third kappa shape index (κ3) is 3.19. The average molecular weight is 377 g/mol. The van der Waals surface area contributed by atoms with Crippen molar-refractivity contribution >= 4 is 20.8 Å². The topological polar surface area (TPSA) is 53.8 Å². The molecule has 5 nitrogen and oxygen atoms in total. The Labute approximate surface area is 155 Å². The Balaban J connectivity index is 1.61. The number of hydrogen-bond acceptors (Lipinski definition) is 5. The monoisotopic (exact) mass is 376 g/mol. The fraction of sp³-hybridized carbons (Fsp3) is 0.600. The maximum atomic E-state index is 12.3. The van der Waals surface area contributed by atoms with Gasteiger partial charge in [0.2, 0.25) is 0 Å². The van der Waals surface area contributed by atoms with E-state index in [9.17, 15) is 8.42 Å². The predicted molar refractivity (Wildman–Crippen MR) is 104 cm³/mol. The molecule has 0 unspecified atom stereocenters. The van der Waals surface area contributed by atoms with Gasteiger partial charge < -0.3 is 4.42 Å². The summed E-state index contributed by atoms with van der Waals surface area (Å²) in [6.45, 7) is 9.85. The van der Waals surface area contributed by atoms with Crippen molar-refractivity contribution in [3.05, 3.63) is 35.1 Å².